The molecular formula is C16H26N2S. The summed E-state index contributed by atoms with van der Waals surface area (Å²) in [5.74, 6) is 2.49. The Kier molecular flexibility index (Phi) is 6.58. The molecule has 0 bridgehead atoms. The summed E-state index contributed by atoms with van der Waals surface area (Å²) >= 11 is 2.02. The predicted molar refractivity (Wildman–Crippen MR) is 87.1 cm³/mol. The van der Waals surface area contributed by atoms with Gasteiger partial charge >= 0.3 is 0 Å². The molecule has 2 nitrogen and oxygen atoms in total. The molecule has 2 rings (SSSR count). The Morgan fingerprint density at radius 1 is 1.26 bits per heavy atom. The van der Waals surface area contributed by atoms with E-state index in [-0.39, 0.29) is 0 Å². The Hall–Kier alpha value is -0.670. The topological polar surface area (TPSA) is 15.3 Å². The van der Waals surface area contributed by atoms with Crippen molar-refractivity contribution in [3.05, 3.63) is 29.8 Å². The molecule has 0 atom stereocenters. The van der Waals surface area contributed by atoms with Crippen LogP contribution in [-0.2, 0) is 6.54 Å². The van der Waals surface area contributed by atoms with Gasteiger partial charge in [0, 0.05) is 18.8 Å². The molecule has 0 saturated carbocycles. The summed E-state index contributed by atoms with van der Waals surface area (Å²) in [6, 6.07) is 8.91. The number of rotatable bonds is 8. The lowest BCUT2D eigenvalue weighted by Gasteiger charge is -2.15. The number of thioether (sulfide) groups is 1. The van der Waals surface area contributed by atoms with Crippen molar-refractivity contribution in [3.63, 3.8) is 0 Å². The van der Waals surface area contributed by atoms with Crippen molar-refractivity contribution < 1.29 is 0 Å². The standard InChI is InChI=1S/C16H26N2S/c1-2-19-12-6-9-17-16-8-5-7-15(13-16)14-18-10-3-4-11-18/h5,7-8,13,17H,2-4,6,9-12,14H2,1H3. The Morgan fingerprint density at radius 3 is 2.89 bits per heavy atom. The zero-order valence-electron chi connectivity index (χ0n) is 12.0. The van der Waals surface area contributed by atoms with E-state index in [1.165, 1.54) is 55.1 Å². The molecule has 0 amide bonds. The Labute approximate surface area is 122 Å². The molecule has 1 heterocycles. The molecule has 0 aliphatic carbocycles. The van der Waals surface area contributed by atoms with E-state index in [2.05, 4.69) is 41.4 Å². The Morgan fingerprint density at radius 2 is 2.11 bits per heavy atom. The van der Waals surface area contributed by atoms with Crippen molar-refractivity contribution in [2.45, 2.75) is 32.7 Å². The summed E-state index contributed by atoms with van der Waals surface area (Å²) in [4.78, 5) is 2.55. The van der Waals surface area contributed by atoms with Gasteiger partial charge in [0.15, 0.2) is 0 Å². The van der Waals surface area contributed by atoms with Crippen LogP contribution in [0.15, 0.2) is 24.3 Å². The zero-order chi connectivity index (χ0) is 13.3. The average molecular weight is 278 g/mol. The van der Waals surface area contributed by atoms with Gasteiger partial charge in [-0.25, -0.2) is 0 Å². The van der Waals surface area contributed by atoms with Crippen LogP contribution in [0.5, 0.6) is 0 Å². The minimum absolute atomic E-state index is 1.08. The van der Waals surface area contributed by atoms with Crippen LogP contribution in [0.1, 0.15) is 31.7 Å². The first-order valence-electron chi connectivity index (χ1n) is 7.51. The third-order valence-electron chi connectivity index (χ3n) is 3.53. The highest BCUT2D eigenvalue weighted by Crippen LogP contribution is 2.16. The number of nitrogens with one attached hydrogen (secondary N) is 1. The molecule has 0 aromatic heterocycles. The first-order chi connectivity index (χ1) is 9.38. The van der Waals surface area contributed by atoms with Gasteiger partial charge in [-0.3, -0.25) is 4.90 Å². The average Bonchev–Trinajstić information content (AvgIpc) is 2.92. The van der Waals surface area contributed by atoms with Crippen LogP contribution in [0, 0.1) is 0 Å². The molecule has 1 fully saturated rings. The molecule has 1 N–H and O–H groups in total. The van der Waals surface area contributed by atoms with Gasteiger partial charge in [-0.2, -0.15) is 11.8 Å². The summed E-state index contributed by atoms with van der Waals surface area (Å²) < 4.78 is 0. The lowest BCUT2D eigenvalue weighted by Crippen LogP contribution is -2.18. The van der Waals surface area contributed by atoms with Gasteiger partial charge < -0.3 is 5.32 Å². The molecule has 1 aromatic rings. The second-order valence-corrected chi connectivity index (χ2v) is 6.55. The first-order valence-corrected chi connectivity index (χ1v) is 8.67. The largest absolute Gasteiger partial charge is 0.385 e. The number of benzene rings is 1. The van der Waals surface area contributed by atoms with Gasteiger partial charge in [-0.15, -0.1) is 0 Å². The molecule has 0 spiro atoms. The van der Waals surface area contributed by atoms with E-state index >= 15 is 0 Å². The van der Waals surface area contributed by atoms with Crippen molar-refractivity contribution in [1.82, 2.24) is 4.90 Å². The van der Waals surface area contributed by atoms with E-state index in [1.807, 2.05) is 11.8 Å². The van der Waals surface area contributed by atoms with E-state index in [1.54, 1.807) is 0 Å². The van der Waals surface area contributed by atoms with E-state index in [0.29, 0.717) is 0 Å². The van der Waals surface area contributed by atoms with Crippen molar-refractivity contribution in [2.24, 2.45) is 0 Å². The molecule has 0 radical (unpaired) electrons. The van der Waals surface area contributed by atoms with Crippen LogP contribution >= 0.6 is 11.8 Å². The minimum Gasteiger partial charge on any atom is -0.385 e. The summed E-state index contributed by atoms with van der Waals surface area (Å²) in [6.07, 6.45) is 3.98. The quantitative estimate of drug-likeness (QED) is 0.727. The van der Waals surface area contributed by atoms with E-state index in [0.717, 1.165) is 13.1 Å². The second kappa shape index (κ2) is 8.49. The van der Waals surface area contributed by atoms with Crippen LogP contribution in [0.25, 0.3) is 0 Å². The summed E-state index contributed by atoms with van der Waals surface area (Å²) in [7, 11) is 0. The fourth-order valence-corrected chi connectivity index (χ4v) is 3.17. The van der Waals surface area contributed by atoms with Crippen LogP contribution in [-0.4, -0.2) is 36.0 Å². The van der Waals surface area contributed by atoms with Crippen molar-refractivity contribution >= 4 is 17.4 Å². The number of hydrogen-bond donors (Lipinski definition) is 1. The van der Waals surface area contributed by atoms with Crippen LogP contribution < -0.4 is 5.32 Å². The summed E-state index contributed by atoms with van der Waals surface area (Å²) in [5, 5.41) is 3.54. The molecule has 1 aliphatic heterocycles. The fraction of sp³-hybridized carbons (Fsp3) is 0.625. The van der Waals surface area contributed by atoms with E-state index in [4.69, 9.17) is 0 Å². The number of anilines is 1. The number of nitrogens with zero attached hydrogens (tertiary/aromatic N) is 1. The van der Waals surface area contributed by atoms with Crippen molar-refractivity contribution in [1.29, 1.82) is 0 Å². The second-order valence-electron chi connectivity index (χ2n) is 5.16. The molecule has 0 unspecified atom stereocenters. The summed E-state index contributed by atoms with van der Waals surface area (Å²) in [5.41, 5.74) is 2.72. The van der Waals surface area contributed by atoms with Gasteiger partial charge in [-0.1, -0.05) is 19.1 Å². The first kappa shape index (κ1) is 14.7. The lowest BCUT2D eigenvalue weighted by atomic mass is 10.2. The molecule has 106 valence electrons. The highest BCUT2D eigenvalue weighted by atomic mass is 32.2. The molecule has 1 saturated heterocycles. The normalized spacial score (nSPS) is 15.8. The molecular weight excluding hydrogens is 252 g/mol. The highest BCUT2D eigenvalue weighted by Gasteiger charge is 2.11. The summed E-state index contributed by atoms with van der Waals surface area (Å²) in [6.45, 7) is 6.96. The van der Waals surface area contributed by atoms with Gasteiger partial charge in [0.25, 0.3) is 0 Å². The molecule has 3 heteroatoms. The lowest BCUT2D eigenvalue weighted by molar-refractivity contribution is 0.331. The third-order valence-corrected chi connectivity index (χ3v) is 4.52. The molecule has 1 aromatic carbocycles. The number of likely N-dealkylation sites (tertiary alicyclic amines) is 1. The number of hydrogen-bond acceptors (Lipinski definition) is 3. The maximum absolute atomic E-state index is 3.54. The minimum atomic E-state index is 1.08. The maximum atomic E-state index is 3.54. The molecule has 19 heavy (non-hydrogen) atoms. The highest BCUT2D eigenvalue weighted by molar-refractivity contribution is 7.99. The van der Waals surface area contributed by atoms with Gasteiger partial charge in [0.2, 0.25) is 0 Å². The zero-order valence-corrected chi connectivity index (χ0v) is 12.8. The predicted octanol–water partition coefficient (Wildman–Crippen LogP) is 3.84. The van der Waals surface area contributed by atoms with Gasteiger partial charge in [0.05, 0.1) is 0 Å². The Balaban J connectivity index is 1.74. The van der Waals surface area contributed by atoms with Crippen molar-refractivity contribution in [2.75, 3.05) is 36.5 Å². The van der Waals surface area contributed by atoms with Crippen LogP contribution in [0.3, 0.4) is 0 Å². The SMILES string of the molecule is CCSCCCNc1cccc(CN2CCCC2)c1. The smallest absolute Gasteiger partial charge is 0.0343 e. The van der Waals surface area contributed by atoms with Gasteiger partial charge in [0.1, 0.15) is 0 Å². The van der Waals surface area contributed by atoms with Crippen LogP contribution in [0.4, 0.5) is 5.69 Å². The Bertz CT molecular complexity index is 362. The van der Waals surface area contributed by atoms with Crippen LogP contribution in [0.2, 0.25) is 0 Å². The van der Waals surface area contributed by atoms with Gasteiger partial charge in [-0.05, 0) is 61.6 Å². The monoisotopic (exact) mass is 278 g/mol. The maximum Gasteiger partial charge on any atom is 0.0343 e. The van der Waals surface area contributed by atoms with E-state index < -0.39 is 0 Å². The fourth-order valence-electron chi connectivity index (χ4n) is 2.53. The third kappa shape index (κ3) is 5.45. The van der Waals surface area contributed by atoms with Crippen molar-refractivity contribution in [3.8, 4) is 0 Å². The van der Waals surface area contributed by atoms with E-state index in [9.17, 15) is 0 Å². The molecule has 1 aliphatic rings.